The Morgan fingerprint density at radius 3 is 2.56 bits per heavy atom. The van der Waals surface area contributed by atoms with Crippen LogP contribution in [0.2, 0.25) is 0 Å². The number of hydrogen-bond donors (Lipinski definition) is 2. The number of nitrogen functional groups attached to an aromatic ring is 1. The number of para-hydroxylation sites is 1. The summed E-state index contributed by atoms with van der Waals surface area (Å²) in [6, 6.07) is 13.1. The van der Waals surface area contributed by atoms with Gasteiger partial charge in [0, 0.05) is 53.8 Å². The highest BCUT2D eigenvalue weighted by atomic mass is 32.2. The molecular weight excluding hydrogens is 426 g/mol. The molecule has 2 aromatic carbocycles. The van der Waals surface area contributed by atoms with Crippen molar-refractivity contribution in [3.8, 4) is 11.1 Å². The molecule has 32 heavy (non-hydrogen) atoms. The predicted octanol–water partition coefficient (Wildman–Crippen LogP) is 3.02. The molecule has 0 atom stereocenters. The quantitative estimate of drug-likeness (QED) is 0.481. The highest BCUT2D eigenvalue weighted by Gasteiger charge is 2.22. The molecule has 164 valence electrons. The molecule has 3 heterocycles. The maximum Gasteiger partial charge on any atom is 0.219 e. The van der Waals surface area contributed by atoms with Crippen molar-refractivity contribution in [2.75, 3.05) is 36.9 Å². The van der Waals surface area contributed by atoms with Crippen molar-refractivity contribution in [3.05, 3.63) is 66.6 Å². The third kappa shape index (κ3) is 4.04. The van der Waals surface area contributed by atoms with E-state index in [4.69, 9.17) is 10.5 Å². The van der Waals surface area contributed by atoms with Crippen LogP contribution in [0.25, 0.3) is 22.0 Å². The molecule has 3 N–H and O–H groups in total. The summed E-state index contributed by atoms with van der Waals surface area (Å²) in [4.78, 5) is 13.7. The molecule has 4 aromatic rings. The van der Waals surface area contributed by atoms with E-state index in [0.717, 1.165) is 27.7 Å². The van der Waals surface area contributed by atoms with Crippen molar-refractivity contribution in [2.45, 2.75) is 10.6 Å². The van der Waals surface area contributed by atoms with E-state index in [1.165, 1.54) is 0 Å². The van der Waals surface area contributed by atoms with Crippen molar-refractivity contribution in [3.63, 3.8) is 0 Å². The van der Waals surface area contributed by atoms with Gasteiger partial charge in [0.25, 0.3) is 0 Å². The number of benzene rings is 2. The Bertz CT molecular complexity index is 1360. The van der Waals surface area contributed by atoms with Crippen LogP contribution in [0.4, 0.5) is 11.6 Å². The number of fused-ring (bicyclic) bond motifs is 1. The van der Waals surface area contributed by atoms with Crippen LogP contribution in [0.5, 0.6) is 0 Å². The number of ether oxygens (including phenoxy) is 1. The van der Waals surface area contributed by atoms with Gasteiger partial charge in [-0.3, -0.25) is 0 Å². The highest BCUT2D eigenvalue weighted by molar-refractivity contribution is 7.90. The largest absolute Gasteiger partial charge is 0.378 e. The van der Waals surface area contributed by atoms with E-state index in [1.807, 2.05) is 30.3 Å². The standard InChI is InChI=1S/C23H23N5O3S/c24-23-26-12-17(13-27-23)16-9-19(28-5-7-31-8-6-28)11-20(10-16)32(29,30)15-18-14-25-22-4-2-1-3-21(18)22/h1-4,9-14,25H,5-8,15H2,(H2,24,26,27). The van der Waals surface area contributed by atoms with Crippen LogP contribution in [-0.2, 0) is 20.3 Å². The number of aromatic nitrogens is 3. The molecule has 0 aliphatic carbocycles. The monoisotopic (exact) mass is 449 g/mol. The normalized spacial score (nSPS) is 14.7. The van der Waals surface area contributed by atoms with Gasteiger partial charge in [-0.1, -0.05) is 18.2 Å². The molecule has 1 saturated heterocycles. The van der Waals surface area contributed by atoms with Crippen LogP contribution in [0.3, 0.4) is 0 Å². The van der Waals surface area contributed by atoms with E-state index in [1.54, 1.807) is 30.7 Å². The number of sulfone groups is 1. The van der Waals surface area contributed by atoms with Crippen LogP contribution in [0.1, 0.15) is 5.56 Å². The maximum absolute atomic E-state index is 13.5. The lowest BCUT2D eigenvalue weighted by Crippen LogP contribution is -2.36. The molecular formula is C23H23N5O3S. The van der Waals surface area contributed by atoms with Crippen LogP contribution in [-0.4, -0.2) is 49.7 Å². The van der Waals surface area contributed by atoms with E-state index in [0.29, 0.717) is 31.9 Å². The van der Waals surface area contributed by atoms with Gasteiger partial charge in [0.15, 0.2) is 9.84 Å². The van der Waals surface area contributed by atoms with Gasteiger partial charge in [-0.25, -0.2) is 18.4 Å². The van der Waals surface area contributed by atoms with Crippen molar-refractivity contribution in [1.82, 2.24) is 15.0 Å². The molecule has 2 aromatic heterocycles. The number of nitrogens with two attached hydrogens (primary N) is 1. The fourth-order valence-corrected chi connectivity index (χ4v) is 5.38. The van der Waals surface area contributed by atoms with Gasteiger partial charge in [-0.05, 0) is 35.4 Å². The molecule has 0 radical (unpaired) electrons. The zero-order valence-electron chi connectivity index (χ0n) is 17.4. The lowest BCUT2D eigenvalue weighted by atomic mass is 10.1. The topological polar surface area (TPSA) is 114 Å². The summed E-state index contributed by atoms with van der Waals surface area (Å²) < 4.78 is 32.5. The number of rotatable bonds is 5. The molecule has 0 unspecified atom stereocenters. The summed E-state index contributed by atoms with van der Waals surface area (Å²) >= 11 is 0. The van der Waals surface area contributed by atoms with Crippen LogP contribution >= 0.6 is 0 Å². The van der Waals surface area contributed by atoms with Gasteiger partial charge in [0.05, 0.1) is 23.9 Å². The van der Waals surface area contributed by atoms with Crippen molar-refractivity contribution < 1.29 is 13.2 Å². The molecule has 1 fully saturated rings. The van der Waals surface area contributed by atoms with E-state index < -0.39 is 9.84 Å². The molecule has 8 nitrogen and oxygen atoms in total. The van der Waals surface area contributed by atoms with Crippen LogP contribution < -0.4 is 10.6 Å². The number of hydrogen-bond acceptors (Lipinski definition) is 7. The summed E-state index contributed by atoms with van der Waals surface area (Å²) in [5.41, 5.74) is 9.56. The Labute approximate surface area is 186 Å². The third-order valence-corrected chi connectivity index (χ3v) is 7.30. The first-order chi connectivity index (χ1) is 15.5. The summed E-state index contributed by atoms with van der Waals surface area (Å²) in [6.07, 6.45) is 4.98. The molecule has 0 amide bonds. The minimum atomic E-state index is -3.62. The predicted molar refractivity (Wildman–Crippen MR) is 124 cm³/mol. The van der Waals surface area contributed by atoms with Gasteiger partial charge in [0.1, 0.15) is 0 Å². The maximum atomic E-state index is 13.5. The highest BCUT2D eigenvalue weighted by Crippen LogP contribution is 2.31. The first kappa shape index (κ1) is 20.5. The summed E-state index contributed by atoms with van der Waals surface area (Å²) in [5, 5.41) is 0.910. The lowest BCUT2D eigenvalue weighted by Gasteiger charge is -2.29. The second-order valence-electron chi connectivity index (χ2n) is 7.76. The molecule has 0 spiro atoms. The Balaban J connectivity index is 1.58. The Morgan fingerprint density at radius 2 is 1.78 bits per heavy atom. The average molecular weight is 450 g/mol. The number of nitrogens with one attached hydrogen (secondary N) is 1. The van der Waals surface area contributed by atoms with Gasteiger partial charge in [-0.2, -0.15) is 0 Å². The number of nitrogens with zero attached hydrogens (tertiary/aromatic N) is 3. The molecule has 5 rings (SSSR count). The third-order valence-electron chi connectivity index (χ3n) is 5.65. The van der Waals surface area contributed by atoms with Crippen molar-refractivity contribution in [2.24, 2.45) is 0 Å². The van der Waals surface area contributed by atoms with Gasteiger partial charge in [-0.15, -0.1) is 0 Å². The van der Waals surface area contributed by atoms with E-state index in [9.17, 15) is 8.42 Å². The van der Waals surface area contributed by atoms with Crippen molar-refractivity contribution >= 4 is 32.4 Å². The van der Waals surface area contributed by atoms with E-state index >= 15 is 0 Å². The van der Waals surface area contributed by atoms with Crippen LogP contribution in [0.15, 0.2) is 66.0 Å². The molecule has 1 aliphatic rings. The average Bonchev–Trinajstić information content (AvgIpc) is 3.22. The second kappa shape index (κ2) is 8.25. The minimum Gasteiger partial charge on any atom is -0.378 e. The molecule has 1 aliphatic heterocycles. The smallest absolute Gasteiger partial charge is 0.219 e. The van der Waals surface area contributed by atoms with Gasteiger partial charge < -0.3 is 20.4 Å². The molecule has 0 bridgehead atoms. The summed E-state index contributed by atoms with van der Waals surface area (Å²) in [5.74, 6) is 0.0756. The summed E-state index contributed by atoms with van der Waals surface area (Å²) in [7, 11) is -3.62. The van der Waals surface area contributed by atoms with Crippen molar-refractivity contribution in [1.29, 1.82) is 0 Å². The SMILES string of the molecule is Nc1ncc(-c2cc(N3CCOCC3)cc(S(=O)(=O)Cc3c[nH]c4ccccc34)c2)cn1. The number of anilines is 2. The first-order valence-electron chi connectivity index (χ1n) is 10.3. The number of aromatic amines is 1. The lowest BCUT2D eigenvalue weighted by molar-refractivity contribution is 0.122. The number of H-pyrrole nitrogens is 1. The second-order valence-corrected chi connectivity index (χ2v) is 9.75. The Kier molecular flexibility index (Phi) is 5.28. The fraction of sp³-hybridized carbons (Fsp3) is 0.217. The van der Waals surface area contributed by atoms with E-state index in [-0.39, 0.29) is 16.6 Å². The molecule has 9 heteroatoms. The fourth-order valence-electron chi connectivity index (χ4n) is 3.96. The van der Waals surface area contributed by atoms with Gasteiger partial charge >= 0.3 is 0 Å². The first-order valence-corrected chi connectivity index (χ1v) is 12.0. The minimum absolute atomic E-state index is 0.0960. The molecule has 0 saturated carbocycles. The van der Waals surface area contributed by atoms with Gasteiger partial charge in [0.2, 0.25) is 5.95 Å². The Morgan fingerprint density at radius 1 is 1.03 bits per heavy atom. The van der Waals surface area contributed by atoms with E-state index in [2.05, 4.69) is 19.9 Å². The Hall–Kier alpha value is -3.43. The zero-order chi connectivity index (χ0) is 22.1. The zero-order valence-corrected chi connectivity index (χ0v) is 18.2. The number of morpholine rings is 1. The summed E-state index contributed by atoms with van der Waals surface area (Å²) in [6.45, 7) is 2.60. The van der Waals surface area contributed by atoms with Crippen LogP contribution in [0, 0.1) is 0 Å².